The lowest BCUT2D eigenvalue weighted by Gasteiger charge is -2.14. The van der Waals surface area contributed by atoms with Crippen molar-refractivity contribution in [3.63, 3.8) is 0 Å². The van der Waals surface area contributed by atoms with E-state index < -0.39 is 0 Å². The minimum Gasteiger partial charge on any atom is -0.322 e. The Balaban J connectivity index is 4.02. The normalized spacial score (nSPS) is 8.45. The summed E-state index contributed by atoms with van der Waals surface area (Å²) in [6.45, 7) is 2.73. The average molecular weight is 154 g/mol. The average Bonchev–Trinajstić information content (AvgIpc) is 1.86. The zero-order chi connectivity index (χ0) is 8.85. The molecule has 4 heteroatoms. The summed E-state index contributed by atoms with van der Waals surface area (Å²) in [6.07, 6.45) is 0. The maximum atomic E-state index is 10.7. The van der Waals surface area contributed by atoms with Gasteiger partial charge in [-0.3, -0.25) is 9.59 Å². The molecular formula is C7H10N2O2. The van der Waals surface area contributed by atoms with E-state index >= 15 is 0 Å². The van der Waals surface area contributed by atoms with Gasteiger partial charge in [0.25, 0.3) is 0 Å². The first kappa shape index (κ1) is 9.63. The largest absolute Gasteiger partial charge is 0.322 e. The molecule has 0 fully saturated rings. The number of ketones is 1. The van der Waals surface area contributed by atoms with E-state index in [0.717, 1.165) is 0 Å². The molecule has 0 aliphatic heterocycles. The zero-order valence-electron chi connectivity index (χ0n) is 6.63. The Kier molecular flexibility index (Phi) is 3.89. The molecule has 0 aromatic carbocycles. The van der Waals surface area contributed by atoms with Crippen molar-refractivity contribution >= 4 is 11.7 Å². The van der Waals surface area contributed by atoms with Gasteiger partial charge in [-0.25, -0.2) is 0 Å². The number of rotatable bonds is 3. The van der Waals surface area contributed by atoms with Gasteiger partial charge in [-0.05, 0) is 6.92 Å². The van der Waals surface area contributed by atoms with E-state index in [4.69, 9.17) is 5.26 Å². The quantitative estimate of drug-likeness (QED) is 0.535. The van der Waals surface area contributed by atoms with Crippen LogP contribution >= 0.6 is 0 Å². The van der Waals surface area contributed by atoms with Crippen LogP contribution < -0.4 is 0 Å². The minimum absolute atomic E-state index is 0.0189. The lowest BCUT2D eigenvalue weighted by molar-refractivity contribution is -0.132. The van der Waals surface area contributed by atoms with Gasteiger partial charge in [0.2, 0.25) is 5.91 Å². The Morgan fingerprint density at radius 1 is 1.45 bits per heavy atom. The molecule has 0 N–H and O–H groups in total. The predicted octanol–water partition coefficient (Wildman–Crippen LogP) is -0.0525. The van der Waals surface area contributed by atoms with Gasteiger partial charge in [0.15, 0.2) is 0 Å². The molecule has 0 spiro atoms. The fourth-order valence-corrected chi connectivity index (χ4v) is 0.633. The molecule has 0 aromatic heterocycles. The highest BCUT2D eigenvalue weighted by Gasteiger charge is 2.08. The van der Waals surface area contributed by atoms with Crippen LogP contribution in [0.5, 0.6) is 0 Å². The van der Waals surface area contributed by atoms with Gasteiger partial charge in [-0.15, -0.1) is 0 Å². The summed E-state index contributed by atoms with van der Waals surface area (Å²) in [5.74, 6) is -0.364. The number of carbonyl (C=O) groups is 2. The van der Waals surface area contributed by atoms with Crippen LogP contribution in [0.2, 0.25) is 0 Å². The summed E-state index contributed by atoms with van der Waals surface area (Å²) >= 11 is 0. The first-order chi connectivity index (χ1) is 5.07. The molecule has 11 heavy (non-hydrogen) atoms. The summed E-state index contributed by atoms with van der Waals surface area (Å²) in [5.41, 5.74) is 0. The van der Waals surface area contributed by atoms with Crippen molar-refractivity contribution in [3.8, 4) is 6.07 Å². The van der Waals surface area contributed by atoms with Gasteiger partial charge in [-0.1, -0.05) is 0 Å². The molecule has 0 unspecified atom stereocenters. The summed E-state index contributed by atoms with van der Waals surface area (Å²) in [4.78, 5) is 22.4. The van der Waals surface area contributed by atoms with E-state index in [0.29, 0.717) is 0 Å². The Hall–Kier alpha value is -1.37. The van der Waals surface area contributed by atoms with Crippen LogP contribution in [0, 0.1) is 11.3 Å². The number of nitrogens with zero attached hydrogens (tertiary/aromatic N) is 2. The van der Waals surface area contributed by atoms with Crippen LogP contribution in [0.3, 0.4) is 0 Å². The van der Waals surface area contributed by atoms with Crippen LogP contribution in [0.4, 0.5) is 0 Å². The third-order valence-electron chi connectivity index (χ3n) is 1.12. The maximum absolute atomic E-state index is 10.7. The van der Waals surface area contributed by atoms with Crippen molar-refractivity contribution in [2.75, 3.05) is 13.1 Å². The molecule has 0 bridgehead atoms. The highest BCUT2D eigenvalue weighted by atomic mass is 16.2. The number of nitriles is 1. The van der Waals surface area contributed by atoms with Crippen molar-refractivity contribution < 1.29 is 9.59 Å². The summed E-state index contributed by atoms with van der Waals surface area (Å²) in [6, 6.07) is 1.81. The SMILES string of the molecule is CC(=O)CN(CC#N)C(C)=O. The highest BCUT2D eigenvalue weighted by Crippen LogP contribution is 1.88. The maximum Gasteiger partial charge on any atom is 0.220 e. The van der Waals surface area contributed by atoms with Crippen molar-refractivity contribution in [2.45, 2.75) is 13.8 Å². The van der Waals surface area contributed by atoms with Crippen LogP contribution in [-0.2, 0) is 9.59 Å². The molecule has 1 amide bonds. The van der Waals surface area contributed by atoms with Crippen LogP contribution in [-0.4, -0.2) is 29.7 Å². The van der Waals surface area contributed by atoms with Crippen molar-refractivity contribution in [2.24, 2.45) is 0 Å². The van der Waals surface area contributed by atoms with Gasteiger partial charge < -0.3 is 4.90 Å². The number of carbonyl (C=O) groups excluding carboxylic acids is 2. The van der Waals surface area contributed by atoms with E-state index in [1.165, 1.54) is 18.7 Å². The molecule has 0 heterocycles. The Morgan fingerprint density at radius 2 is 2.00 bits per heavy atom. The third-order valence-corrected chi connectivity index (χ3v) is 1.12. The Bertz CT molecular complexity index is 205. The second-order valence-electron chi connectivity index (χ2n) is 2.24. The highest BCUT2D eigenvalue weighted by molar-refractivity contribution is 5.83. The van der Waals surface area contributed by atoms with Crippen LogP contribution in [0.1, 0.15) is 13.8 Å². The van der Waals surface area contributed by atoms with Crippen LogP contribution in [0.15, 0.2) is 0 Å². The number of amides is 1. The van der Waals surface area contributed by atoms with E-state index in [1.54, 1.807) is 0 Å². The Labute approximate surface area is 65.4 Å². The molecule has 0 aliphatic rings. The number of hydrogen-bond donors (Lipinski definition) is 0. The summed E-state index contributed by atoms with van der Waals surface area (Å²) in [5, 5.41) is 8.24. The minimum atomic E-state index is -0.248. The van der Waals surface area contributed by atoms with Gasteiger partial charge >= 0.3 is 0 Å². The molecule has 0 radical (unpaired) electrons. The molecule has 0 saturated carbocycles. The molecule has 4 nitrogen and oxygen atoms in total. The zero-order valence-corrected chi connectivity index (χ0v) is 6.63. The first-order valence-corrected chi connectivity index (χ1v) is 3.20. The molecule has 0 aliphatic carbocycles. The summed E-state index contributed by atoms with van der Waals surface area (Å²) in [7, 11) is 0. The predicted molar refractivity (Wildman–Crippen MR) is 38.5 cm³/mol. The van der Waals surface area contributed by atoms with E-state index in [9.17, 15) is 9.59 Å². The number of hydrogen-bond acceptors (Lipinski definition) is 3. The molecule has 0 saturated heterocycles. The lowest BCUT2D eigenvalue weighted by atomic mass is 10.4. The molecule has 0 aromatic rings. The molecule has 60 valence electrons. The second-order valence-corrected chi connectivity index (χ2v) is 2.24. The van der Waals surface area contributed by atoms with E-state index in [1.807, 2.05) is 6.07 Å². The van der Waals surface area contributed by atoms with Gasteiger partial charge in [-0.2, -0.15) is 5.26 Å². The molecule has 0 atom stereocenters. The van der Waals surface area contributed by atoms with Crippen molar-refractivity contribution in [3.05, 3.63) is 0 Å². The van der Waals surface area contributed by atoms with Gasteiger partial charge in [0, 0.05) is 6.92 Å². The molecule has 0 rings (SSSR count). The van der Waals surface area contributed by atoms with Gasteiger partial charge in [0.1, 0.15) is 12.3 Å². The van der Waals surface area contributed by atoms with E-state index in [-0.39, 0.29) is 24.8 Å². The lowest BCUT2D eigenvalue weighted by Crippen LogP contribution is -2.33. The smallest absolute Gasteiger partial charge is 0.220 e. The first-order valence-electron chi connectivity index (χ1n) is 3.20. The number of Topliss-reactive ketones (excluding diaryl/α,β-unsaturated/α-hetero) is 1. The fraction of sp³-hybridized carbons (Fsp3) is 0.571. The standard InChI is InChI=1S/C7H10N2O2/c1-6(10)5-9(4-3-8)7(2)11/h4-5H2,1-2H3. The van der Waals surface area contributed by atoms with Crippen molar-refractivity contribution in [1.82, 2.24) is 4.90 Å². The monoisotopic (exact) mass is 154 g/mol. The Morgan fingerprint density at radius 3 is 2.27 bits per heavy atom. The second kappa shape index (κ2) is 4.45. The topological polar surface area (TPSA) is 61.2 Å². The van der Waals surface area contributed by atoms with E-state index in [2.05, 4.69) is 0 Å². The molecular weight excluding hydrogens is 144 g/mol. The van der Waals surface area contributed by atoms with Crippen molar-refractivity contribution in [1.29, 1.82) is 5.26 Å². The summed E-state index contributed by atoms with van der Waals surface area (Å²) < 4.78 is 0. The van der Waals surface area contributed by atoms with Gasteiger partial charge in [0.05, 0.1) is 12.6 Å². The third kappa shape index (κ3) is 4.09. The fourth-order valence-electron chi connectivity index (χ4n) is 0.633. The van der Waals surface area contributed by atoms with Crippen LogP contribution in [0.25, 0.3) is 0 Å².